The summed E-state index contributed by atoms with van der Waals surface area (Å²) in [6, 6.07) is 10.2. The van der Waals surface area contributed by atoms with E-state index >= 15 is 0 Å². The Morgan fingerprint density at radius 2 is 1.88 bits per heavy atom. The summed E-state index contributed by atoms with van der Waals surface area (Å²) in [5.74, 6) is -0.841. The largest absolute Gasteiger partial charge is 0.493 e. The first-order valence-electron chi connectivity index (χ1n) is 8.12. The lowest BCUT2D eigenvalue weighted by Gasteiger charge is -2.19. The lowest BCUT2D eigenvalue weighted by molar-refractivity contribution is -0.139. The number of hydrogen-bond donors (Lipinski definition) is 2. The van der Waals surface area contributed by atoms with Gasteiger partial charge in [0.05, 0.1) is 12.2 Å². The van der Waals surface area contributed by atoms with Crippen LogP contribution < -0.4 is 10.1 Å². The Balaban J connectivity index is 2.43. The summed E-state index contributed by atoms with van der Waals surface area (Å²) in [6.07, 6.45) is 0.371. The van der Waals surface area contributed by atoms with Gasteiger partial charge in [0.25, 0.3) is 5.91 Å². The summed E-state index contributed by atoms with van der Waals surface area (Å²) in [7, 11) is 0. The molecule has 0 fully saturated rings. The van der Waals surface area contributed by atoms with E-state index in [1.165, 1.54) is 0 Å². The minimum Gasteiger partial charge on any atom is -0.493 e. The van der Waals surface area contributed by atoms with Crippen molar-refractivity contribution in [3.8, 4) is 5.75 Å². The van der Waals surface area contributed by atoms with Crippen LogP contribution in [0.1, 0.15) is 37.6 Å². The van der Waals surface area contributed by atoms with Gasteiger partial charge in [-0.1, -0.05) is 44.2 Å². The lowest BCUT2D eigenvalue weighted by Crippen LogP contribution is -2.41. The number of carboxylic acid groups (broad SMARTS) is 1. The van der Waals surface area contributed by atoms with Crippen LogP contribution in [0, 0.1) is 5.92 Å². The van der Waals surface area contributed by atoms with Crippen molar-refractivity contribution in [2.24, 2.45) is 5.92 Å². The van der Waals surface area contributed by atoms with Gasteiger partial charge in [0.15, 0.2) is 0 Å². The molecule has 0 saturated carbocycles. The first kappa shape index (κ1) is 17.8. The molecule has 0 aromatic heterocycles. The Morgan fingerprint density at radius 3 is 2.50 bits per heavy atom. The van der Waals surface area contributed by atoms with Gasteiger partial charge in [0.2, 0.25) is 0 Å². The number of hydrogen-bond acceptors (Lipinski definition) is 3. The van der Waals surface area contributed by atoms with E-state index in [-0.39, 0.29) is 5.92 Å². The van der Waals surface area contributed by atoms with Gasteiger partial charge >= 0.3 is 5.97 Å². The molecule has 0 saturated heterocycles. The van der Waals surface area contributed by atoms with Crippen LogP contribution in [-0.2, 0) is 4.79 Å². The predicted molar refractivity (Wildman–Crippen MR) is 93.5 cm³/mol. The molecule has 0 aliphatic carbocycles. The van der Waals surface area contributed by atoms with Crippen LogP contribution in [0.25, 0.3) is 10.8 Å². The molecule has 2 aromatic rings. The van der Waals surface area contributed by atoms with Gasteiger partial charge < -0.3 is 15.2 Å². The number of carbonyl (C=O) groups excluding carboxylic acids is 1. The first-order valence-corrected chi connectivity index (χ1v) is 8.12. The molecular weight excluding hydrogens is 306 g/mol. The molecule has 0 heterocycles. The molecule has 5 nitrogen and oxygen atoms in total. The summed E-state index contributed by atoms with van der Waals surface area (Å²) in [5.41, 5.74) is 0.380. The molecule has 0 aliphatic heterocycles. The molecule has 5 heteroatoms. The fourth-order valence-electron chi connectivity index (χ4n) is 2.68. The zero-order valence-electron chi connectivity index (χ0n) is 14.2. The van der Waals surface area contributed by atoms with Crippen LogP contribution in [-0.4, -0.2) is 29.6 Å². The van der Waals surface area contributed by atoms with E-state index in [0.29, 0.717) is 24.3 Å². The Hall–Kier alpha value is -2.56. The number of aliphatic carboxylic acids is 1. The van der Waals surface area contributed by atoms with Crippen molar-refractivity contribution < 1.29 is 19.4 Å². The van der Waals surface area contributed by atoms with Crippen LogP contribution in [0.5, 0.6) is 5.75 Å². The molecule has 0 spiro atoms. The van der Waals surface area contributed by atoms with E-state index < -0.39 is 17.9 Å². The van der Waals surface area contributed by atoms with Gasteiger partial charge in [-0.2, -0.15) is 0 Å². The zero-order chi connectivity index (χ0) is 17.7. The number of nitrogens with one attached hydrogen (secondary N) is 1. The highest BCUT2D eigenvalue weighted by Gasteiger charge is 2.24. The van der Waals surface area contributed by atoms with E-state index in [9.17, 15) is 14.7 Å². The molecule has 2 aromatic carbocycles. The summed E-state index contributed by atoms with van der Waals surface area (Å²) >= 11 is 0. The standard InChI is InChI=1S/C19H23NO4/c1-4-24-16-10-9-13-7-5-6-8-14(13)17(16)18(21)20-15(19(22)23)11-12(2)3/h5-10,12,15H,4,11H2,1-3H3,(H,20,21)(H,22,23). The third kappa shape index (κ3) is 4.04. The monoisotopic (exact) mass is 329 g/mol. The third-order valence-corrected chi connectivity index (χ3v) is 3.73. The summed E-state index contributed by atoms with van der Waals surface area (Å²) in [4.78, 5) is 24.2. The van der Waals surface area contributed by atoms with Crippen LogP contribution >= 0.6 is 0 Å². The molecule has 128 valence electrons. The maximum Gasteiger partial charge on any atom is 0.326 e. The topological polar surface area (TPSA) is 75.6 Å². The molecule has 2 rings (SSSR count). The molecule has 1 atom stereocenters. The minimum atomic E-state index is -1.03. The fraction of sp³-hybridized carbons (Fsp3) is 0.368. The number of fused-ring (bicyclic) bond motifs is 1. The first-order chi connectivity index (χ1) is 11.4. The van der Waals surface area contributed by atoms with E-state index in [0.717, 1.165) is 10.8 Å². The highest BCUT2D eigenvalue weighted by molar-refractivity contribution is 6.10. The van der Waals surface area contributed by atoms with Gasteiger partial charge in [-0.3, -0.25) is 4.79 Å². The highest BCUT2D eigenvalue weighted by atomic mass is 16.5. The Morgan fingerprint density at radius 1 is 1.17 bits per heavy atom. The van der Waals surface area contributed by atoms with Gasteiger partial charge in [-0.05, 0) is 36.1 Å². The Labute approximate surface area is 141 Å². The van der Waals surface area contributed by atoms with Crippen molar-refractivity contribution in [3.63, 3.8) is 0 Å². The van der Waals surface area contributed by atoms with Crippen LogP contribution in [0.2, 0.25) is 0 Å². The van der Waals surface area contributed by atoms with Crippen LogP contribution in [0.4, 0.5) is 0 Å². The second kappa shape index (κ2) is 7.81. The highest BCUT2D eigenvalue weighted by Crippen LogP contribution is 2.28. The summed E-state index contributed by atoms with van der Waals surface area (Å²) < 4.78 is 5.58. The molecule has 0 bridgehead atoms. The van der Waals surface area contributed by atoms with Gasteiger partial charge in [0, 0.05) is 0 Å². The zero-order valence-corrected chi connectivity index (χ0v) is 14.2. The Kier molecular flexibility index (Phi) is 5.79. The van der Waals surface area contributed by atoms with E-state index in [1.54, 1.807) is 6.07 Å². The minimum absolute atomic E-state index is 0.158. The Bertz CT molecular complexity index is 739. The molecule has 24 heavy (non-hydrogen) atoms. The van der Waals surface area contributed by atoms with E-state index in [2.05, 4.69) is 5.32 Å². The second-order valence-electron chi connectivity index (χ2n) is 6.09. The molecule has 1 unspecified atom stereocenters. The normalized spacial score (nSPS) is 12.2. The molecule has 1 amide bonds. The van der Waals surface area contributed by atoms with Gasteiger partial charge in [-0.15, -0.1) is 0 Å². The van der Waals surface area contributed by atoms with E-state index in [1.807, 2.05) is 51.1 Å². The van der Waals surface area contributed by atoms with Crippen molar-refractivity contribution >= 4 is 22.6 Å². The van der Waals surface area contributed by atoms with Gasteiger partial charge in [-0.25, -0.2) is 4.79 Å². The molecule has 0 radical (unpaired) electrons. The lowest BCUT2D eigenvalue weighted by atomic mass is 10.0. The number of benzene rings is 2. The number of ether oxygens (including phenoxy) is 1. The predicted octanol–water partition coefficient (Wildman–Crippen LogP) is 3.47. The quantitative estimate of drug-likeness (QED) is 0.815. The SMILES string of the molecule is CCOc1ccc2ccccc2c1C(=O)NC(CC(C)C)C(=O)O. The van der Waals surface area contributed by atoms with Crippen molar-refractivity contribution in [3.05, 3.63) is 42.0 Å². The molecule has 0 aliphatic rings. The van der Waals surface area contributed by atoms with Crippen LogP contribution in [0.3, 0.4) is 0 Å². The van der Waals surface area contributed by atoms with E-state index in [4.69, 9.17) is 4.74 Å². The number of carboxylic acids is 1. The van der Waals surface area contributed by atoms with Crippen molar-refractivity contribution in [1.29, 1.82) is 0 Å². The van der Waals surface area contributed by atoms with Gasteiger partial charge in [0.1, 0.15) is 11.8 Å². The van der Waals surface area contributed by atoms with Crippen molar-refractivity contribution in [2.45, 2.75) is 33.2 Å². The summed E-state index contributed by atoms with van der Waals surface area (Å²) in [5, 5.41) is 13.6. The smallest absolute Gasteiger partial charge is 0.326 e. The molecular formula is C19H23NO4. The van der Waals surface area contributed by atoms with Crippen LogP contribution in [0.15, 0.2) is 36.4 Å². The summed E-state index contributed by atoms with van der Waals surface area (Å²) in [6.45, 7) is 6.11. The second-order valence-corrected chi connectivity index (χ2v) is 6.09. The number of rotatable bonds is 7. The maximum atomic E-state index is 12.8. The average molecular weight is 329 g/mol. The average Bonchev–Trinajstić information content (AvgIpc) is 2.53. The maximum absolute atomic E-state index is 12.8. The number of amides is 1. The van der Waals surface area contributed by atoms with Crippen molar-refractivity contribution in [2.75, 3.05) is 6.61 Å². The third-order valence-electron chi connectivity index (χ3n) is 3.73. The fourth-order valence-corrected chi connectivity index (χ4v) is 2.68. The van der Waals surface area contributed by atoms with Crippen molar-refractivity contribution in [1.82, 2.24) is 5.32 Å². The number of carbonyl (C=O) groups is 2. The molecule has 2 N–H and O–H groups in total.